The van der Waals surface area contributed by atoms with Gasteiger partial charge in [0, 0.05) is 17.0 Å². The van der Waals surface area contributed by atoms with Gasteiger partial charge in [0.2, 0.25) is 0 Å². The van der Waals surface area contributed by atoms with E-state index in [-0.39, 0.29) is 23.7 Å². The second kappa shape index (κ2) is 6.10. The van der Waals surface area contributed by atoms with Crippen LogP contribution in [0.15, 0.2) is 24.3 Å². The highest BCUT2D eigenvalue weighted by molar-refractivity contribution is 7.99. The summed E-state index contributed by atoms with van der Waals surface area (Å²) in [5.74, 6) is 0.366. The molecule has 0 aromatic heterocycles. The summed E-state index contributed by atoms with van der Waals surface area (Å²) in [5.41, 5.74) is 6.71. The van der Waals surface area contributed by atoms with Gasteiger partial charge in [-0.1, -0.05) is 12.1 Å². The fraction of sp³-hybridized carbons (Fsp3) is 0.455. The molecule has 2 atom stereocenters. The SMILES string of the molecule is CC(N)C(SCCO)c1cccc(F)c1. The molecule has 1 aromatic rings. The molecule has 1 aromatic carbocycles. The molecule has 0 radical (unpaired) electrons. The second-order valence-corrected chi connectivity index (χ2v) is 4.68. The Morgan fingerprint density at radius 3 is 2.80 bits per heavy atom. The van der Waals surface area contributed by atoms with Gasteiger partial charge < -0.3 is 10.8 Å². The van der Waals surface area contributed by atoms with Gasteiger partial charge in [-0.25, -0.2) is 4.39 Å². The van der Waals surface area contributed by atoms with E-state index in [1.54, 1.807) is 17.8 Å². The molecule has 0 aliphatic carbocycles. The van der Waals surface area contributed by atoms with Gasteiger partial charge in [-0.3, -0.25) is 0 Å². The lowest BCUT2D eigenvalue weighted by molar-refractivity contribution is 0.322. The molecule has 0 bridgehead atoms. The van der Waals surface area contributed by atoms with Crippen LogP contribution in [0.2, 0.25) is 0 Å². The lowest BCUT2D eigenvalue weighted by atomic mass is 10.1. The van der Waals surface area contributed by atoms with Crippen molar-refractivity contribution in [3.05, 3.63) is 35.6 Å². The van der Waals surface area contributed by atoms with Gasteiger partial charge in [0.15, 0.2) is 0 Å². The Bertz CT molecular complexity index is 306. The van der Waals surface area contributed by atoms with Crippen LogP contribution in [-0.4, -0.2) is 23.5 Å². The maximum Gasteiger partial charge on any atom is 0.123 e. The van der Waals surface area contributed by atoms with Crippen molar-refractivity contribution in [3.8, 4) is 0 Å². The predicted octanol–water partition coefficient (Wildman–Crippen LogP) is 1.94. The smallest absolute Gasteiger partial charge is 0.123 e. The van der Waals surface area contributed by atoms with Crippen molar-refractivity contribution >= 4 is 11.8 Å². The van der Waals surface area contributed by atoms with Crippen LogP contribution in [0.4, 0.5) is 4.39 Å². The minimum atomic E-state index is -0.247. The van der Waals surface area contributed by atoms with Gasteiger partial charge in [0.05, 0.1) is 6.61 Å². The lowest BCUT2D eigenvalue weighted by Crippen LogP contribution is -2.23. The summed E-state index contributed by atoms with van der Waals surface area (Å²) >= 11 is 1.55. The normalized spacial score (nSPS) is 14.9. The first kappa shape index (κ1) is 12.5. The fourth-order valence-corrected chi connectivity index (χ4v) is 2.42. The van der Waals surface area contributed by atoms with E-state index in [2.05, 4.69) is 0 Å². The Hall–Kier alpha value is -0.580. The first-order valence-electron chi connectivity index (χ1n) is 4.88. The number of hydrogen-bond donors (Lipinski definition) is 2. The van der Waals surface area contributed by atoms with Crippen LogP contribution in [-0.2, 0) is 0 Å². The zero-order valence-electron chi connectivity index (χ0n) is 8.69. The van der Waals surface area contributed by atoms with Crippen molar-refractivity contribution in [2.75, 3.05) is 12.4 Å². The molecule has 0 aliphatic rings. The highest BCUT2D eigenvalue weighted by Crippen LogP contribution is 2.31. The van der Waals surface area contributed by atoms with E-state index in [1.807, 2.05) is 13.0 Å². The molecule has 15 heavy (non-hydrogen) atoms. The van der Waals surface area contributed by atoms with Crippen molar-refractivity contribution in [1.29, 1.82) is 0 Å². The van der Waals surface area contributed by atoms with E-state index >= 15 is 0 Å². The largest absolute Gasteiger partial charge is 0.396 e. The van der Waals surface area contributed by atoms with Crippen molar-refractivity contribution in [3.63, 3.8) is 0 Å². The van der Waals surface area contributed by atoms with Crippen LogP contribution < -0.4 is 5.73 Å². The number of aliphatic hydroxyl groups is 1. The summed E-state index contributed by atoms with van der Waals surface area (Å²) in [6, 6.07) is 6.39. The van der Waals surface area contributed by atoms with Crippen LogP contribution in [0, 0.1) is 5.82 Å². The summed E-state index contributed by atoms with van der Waals surface area (Å²) in [5, 5.41) is 8.80. The van der Waals surface area contributed by atoms with Gasteiger partial charge in [-0.2, -0.15) is 0 Å². The van der Waals surface area contributed by atoms with Gasteiger partial charge >= 0.3 is 0 Å². The summed E-state index contributed by atoms with van der Waals surface area (Å²) in [6.45, 7) is 2.00. The summed E-state index contributed by atoms with van der Waals surface area (Å²) in [7, 11) is 0. The summed E-state index contributed by atoms with van der Waals surface area (Å²) < 4.78 is 13.0. The molecule has 0 spiro atoms. The van der Waals surface area contributed by atoms with Gasteiger partial charge in [-0.15, -0.1) is 11.8 Å². The standard InChI is InChI=1S/C11H16FNOS/c1-8(13)11(15-6-5-14)9-3-2-4-10(12)7-9/h2-4,7-8,11,14H,5-6,13H2,1H3. The van der Waals surface area contributed by atoms with Crippen molar-refractivity contribution in [2.45, 2.75) is 18.2 Å². The lowest BCUT2D eigenvalue weighted by Gasteiger charge is -2.20. The minimum Gasteiger partial charge on any atom is -0.396 e. The maximum atomic E-state index is 13.0. The van der Waals surface area contributed by atoms with Crippen molar-refractivity contribution in [2.24, 2.45) is 5.73 Å². The molecule has 0 saturated heterocycles. The molecule has 0 aliphatic heterocycles. The molecule has 3 N–H and O–H groups in total. The molecule has 0 amide bonds. The topological polar surface area (TPSA) is 46.2 Å². The number of aliphatic hydroxyl groups excluding tert-OH is 1. The molecule has 0 heterocycles. The Balaban J connectivity index is 2.79. The van der Waals surface area contributed by atoms with E-state index in [9.17, 15) is 4.39 Å². The quantitative estimate of drug-likeness (QED) is 0.811. The first-order chi connectivity index (χ1) is 7.15. The number of thioether (sulfide) groups is 1. The molecule has 2 nitrogen and oxygen atoms in total. The highest BCUT2D eigenvalue weighted by Gasteiger charge is 2.16. The van der Waals surface area contributed by atoms with Gasteiger partial charge in [0.25, 0.3) is 0 Å². The number of halogens is 1. The molecule has 84 valence electrons. The number of nitrogens with two attached hydrogens (primary N) is 1. The zero-order chi connectivity index (χ0) is 11.3. The van der Waals surface area contributed by atoms with Crippen LogP contribution in [0.5, 0.6) is 0 Å². The van der Waals surface area contributed by atoms with E-state index in [1.165, 1.54) is 12.1 Å². The summed E-state index contributed by atoms with van der Waals surface area (Å²) in [4.78, 5) is 0. The van der Waals surface area contributed by atoms with E-state index in [0.717, 1.165) is 5.56 Å². The average molecular weight is 229 g/mol. The van der Waals surface area contributed by atoms with Crippen LogP contribution >= 0.6 is 11.8 Å². The fourth-order valence-electron chi connectivity index (χ4n) is 1.41. The third-order valence-electron chi connectivity index (χ3n) is 2.04. The predicted molar refractivity (Wildman–Crippen MR) is 62.3 cm³/mol. The van der Waals surface area contributed by atoms with Crippen LogP contribution in [0.25, 0.3) is 0 Å². The molecule has 4 heteroatoms. The Kier molecular flexibility index (Phi) is 5.08. The number of hydrogen-bond acceptors (Lipinski definition) is 3. The molecule has 1 rings (SSSR count). The minimum absolute atomic E-state index is 0.0350. The zero-order valence-corrected chi connectivity index (χ0v) is 9.51. The third kappa shape index (κ3) is 3.81. The van der Waals surface area contributed by atoms with E-state index < -0.39 is 0 Å². The average Bonchev–Trinajstić information content (AvgIpc) is 2.18. The third-order valence-corrected chi connectivity index (χ3v) is 3.52. The second-order valence-electron chi connectivity index (χ2n) is 3.43. The van der Waals surface area contributed by atoms with E-state index in [0.29, 0.717) is 5.75 Å². The number of rotatable bonds is 5. The van der Waals surface area contributed by atoms with Crippen LogP contribution in [0.3, 0.4) is 0 Å². The first-order valence-corrected chi connectivity index (χ1v) is 5.93. The molecular weight excluding hydrogens is 213 g/mol. The number of benzene rings is 1. The monoisotopic (exact) mass is 229 g/mol. The van der Waals surface area contributed by atoms with Crippen molar-refractivity contribution in [1.82, 2.24) is 0 Å². The molecular formula is C11H16FNOS. The van der Waals surface area contributed by atoms with E-state index in [4.69, 9.17) is 10.8 Å². The highest BCUT2D eigenvalue weighted by atomic mass is 32.2. The van der Waals surface area contributed by atoms with Crippen LogP contribution in [0.1, 0.15) is 17.7 Å². The van der Waals surface area contributed by atoms with Gasteiger partial charge in [-0.05, 0) is 24.6 Å². The molecule has 2 unspecified atom stereocenters. The Morgan fingerprint density at radius 1 is 1.53 bits per heavy atom. The Morgan fingerprint density at radius 2 is 2.27 bits per heavy atom. The maximum absolute atomic E-state index is 13.0. The van der Waals surface area contributed by atoms with Gasteiger partial charge in [0.1, 0.15) is 5.82 Å². The molecule has 0 saturated carbocycles. The molecule has 0 fully saturated rings. The Labute approximate surface area is 93.7 Å². The van der Waals surface area contributed by atoms with Crippen molar-refractivity contribution < 1.29 is 9.50 Å². The summed E-state index contributed by atoms with van der Waals surface area (Å²) in [6.07, 6.45) is 0.